The number of halogens is 1. The van der Waals surface area contributed by atoms with Crippen LogP contribution in [0.2, 0.25) is 5.15 Å². The molecular weight excluding hydrogens is 200 g/mol. The third-order valence-electron chi connectivity index (χ3n) is 2.54. The highest BCUT2D eigenvalue weighted by atomic mass is 35.5. The lowest BCUT2D eigenvalue weighted by Gasteiger charge is -2.31. The molecule has 0 radical (unpaired) electrons. The molecule has 0 aromatic carbocycles. The van der Waals surface area contributed by atoms with Gasteiger partial charge in [0.1, 0.15) is 5.15 Å². The minimum absolute atomic E-state index is 0.0661. The smallest absolute Gasteiger partial charge is 0.251 e. The highest BCUT2D eigenvalue weighted by Gasteiger charge is 2.31. The summed E-state index contributed by atoms with van der Waals surface area (Å²) in [5, 5.41) is 3.19. The molecule has 2 heterocycles. The summed E-state index contributed by atoms with van der Waals surface area (Å²) in [6.07, 6.45) is 1.69. The van der Waals surface area contributed by atoms with E-state index >= 15 is 0 Å². The maximum atomic E-state index is 11.5. The van der Waals surface area contributed by atoms with E-state index < -0.39 is 0 Å². The van der Waals surface area contributed by atoms with Crippen molar-refractivity contribution in [2.75, 3.05) is 6.54 Å². The fourth-order valence-corrected chi connectivity index (χ4v) is 1.81. The van der Waals surface area contributed by atoms with Crippen LogP contribution in [0.15, 0.2) is 12.3 Å². The molecular formula is C10H11ClN2O. The molecule has 3 nitrogen and oxygen atoms in total. The van der Waals surface area contributed by atoms with Crippen molar-refractivity contribution >= 4 is 17.5 Å². The zero-order valence-corrected chi connectivity index (χ0v) is 8.85. The molecule has 0 saturated carbocycles. The van der Waals surface area contributed by atoms with Crippen LogP contribution in [0.5, 0.6) is 0 Å². The third-order valence-corrected chi connectivity index (χ3v) is 2.74. The van der Waals surface area contributed by atoms with Gasteiger partial charge in [0, 0.05) is 23.7 Å². The number of aromatic nitrogens is 1. The van der Waals surface area contributed by atoms with Gasteiger partial charge in [-0.05, 0) is 11.6 Å². The molecule has 1 aromatic rings. The Morgan fingerprint density at radius 2 is 2.29 bits per heavy atom. The summed E-state index contributed by atoms with van der Waals surface area (Å²) in [5.41, 5.74) is 1.53. The predicted octanol–water partition coefficient (Wildman–Crippen LogP) is 1.76. The van der Waals surface area contributed by atoms with Gasteiger partial charge < -0.3 is 5.32 Å². The van der Waals surface area contributed by atoms with E-state index in [1.165, 1.54) is 0 Å². The molecule has 0 fully saturated rings. The van der Waals surface area contributed by atoms with Gasteiger partial charge in [0.05, 0.1) is 0 Å². The molecule has 0 bridgehead atoms. The number of carbonyl (C=O) groups is 1. The van der Waals surface area contributed by atoms with Crippen molar-refractivity contribution < 1.29 is 4.79 Å². The summed E-state index contributed by atoms with van der Waals surface area (Å²) >= 11 is 5.74. The van der Waals surface area contributed by atoms with E-state index in [9.17, 15) is 4.79 Å². The Morgan fingerprint density at radius 1 is 1.57 bits per heavy atom. The Kier molecular flexibility index (Phi) is 2.00. The van der Waals surface area contributed by atoms with Crippen LogP contribution < -0.4 is 5.32 Å². The van der Waals surface area contributed by atoms with Crippen LogP contribution >= 0.6 is 11.6 Å². The third kappa shape index (κ3) is 1.38. The van der Waals surface area contributed by atoms with E-state index in [0.29, 0.717) is 17.3 Å². The number of fused-ring (bicyclic) bond motifs is 1. The van der Waals surface area contributed by atoms with Crippen LogP contribution in [0.1, 0.15) is 29.8 Å². The quantitative estimate of drug-likeness (QED) is 0.663. The van der Waals surface area contributed by atoms with Gasteiger partial charge in [-0.3, -0.25) is 4.79 Å². The zero-order chi connectivity index (χ0) is 10.3. The second-order valence-electron chi connectivity index (χ2n) is 4.12. The molecule has 1 N–H and O–H groups in total. The molecule has 0 unspecified atom stereocenters. The summed E-state index contributed by atoms with van der Waals surface area (Å²) in [7, 11) is 0. The van der Waals surface area contributed by atoms with Gasteiger partial charge in [0.15, 0.2) is 0 Å². The van der Waals surface area contributed by atoms with Crippen molar-refractivity contribution in [2.45, 2.75) is 19.3 Å². The number of carbonyl (C=O) groups excluding carboxylic acids is 1. The SMILES string of the molecule is CC1(C)CNC(=O)c2cc(Cl)ncc21. The summed E-state index contributed by atoms with van der Waals surface area (Å²) in [6.45, 7) is 4.78. The fourth-order valence-electron chi connectivity index (χ4n) is 1.65. The van der Waals surface area contributed by atoms with Crippen LogP contribution in [0.3, 0.4) is 0 Å². The fraction of sp³-hybridized carbons (Fsp3) is 0.400. The Morgan fingerprint density at radius 3 is 3.00 bits per heavy atom. The maximum absolute atomic E-state index is 11.5. The van der Waals surface area contributed by atoms with E-state index in [0.717, 1.165) is 5.56 Å². The number of hydrogen-bond acceptors (Lipinski definition) is 2. The number of amides is 1. The molecule has 0 saturated heterocycles. The molecule has 0 spiro atoms. The number of rotatable bonds is 0. The predicted molar refractivity (Wildman–Crippen MR) is 54.6 cm³/mol. The highest BCUT2D eigenvalue weighted by Crippen LogP contribution is 2.29. The molecule has 0 atom stereocenters. The standard InChI is InChI=1S/C10H11ClN2O/c1-10(2)5-13-9(14)6-3-8(11)12-4-7(6)10/h3-4H,5H2,1-2H3,(H,13,14). The molecule has 1 aliphatic heterocycles. The second-order valence-corrected chi connectivity index (χ2v) is 4.51. The monoisotopic (exact) mass is 210 g/mol. The molecule has 2 rings (SSSR count). The first-order chi connectivity index (χ1) is 6.50. The Bertz CT molecular complexity index is 401. The molecule has 1 amide bonds. The van der Waals surface area contributed by atoms with Crippen molar-refractivity contribution in [2.24, 2.45) is 0 Å². The Balaban J connectivity index is 2.63. The lowest BCUT2D eigenvalue weighted by Crippen LogP contribution is -2.43. The number of pyridine rings is 1. The number of nitrogens with one attached hydrogen (secondary N) is 1. The van der Waals surface area contributed by atoms with Crippen molar-refractivity contribution in [1.82, 2.24) is 10.3 Å². The summed E-state index contributed by atoms with van der Waals surface area (Å²) in [6, 6.07) is 1.62. The molecule has 4 heteroatoms. The van der Waals surface area contributed by atoms with Gasteiger partial charge in [-0.1, -0.05) is 25.4 Å². The van der Waals surface area contributed by atoms with Crippen LogP contribution in [0.4, 0.5) is 0 Å². The van der Waals surface area contributed by atoms with Crippen LogP contribution in [0.25, 0.3) is 0 Å². The first-order valence-electron chi connectivity index (χ1n) is 4.45. The Labute approximate surface area is 87.5 Å². The summed E-state index contributed by atoms with van der Waals surface area (Å²) < 4.78 is 0. The minimum atomic E-state index is -0.0686. The van der Waals surface area contributed by atoms with E-state index in [-0.39, 0.29) is 11.3 Å². The normalized spacial score (nSPS) is 18.6. The van der Waals surface area contributed by atoms with Gasteiger partial charge in [-0.15, -0.1) is 0 Å². The van der Waals surface area contributed by atoms with Crippen LogP contribution in [0, 0.1) is 0 Å². The molecule has 14 heavy (non-hydrogen) atoms. The van der Waals surface area contributed by atoms with E-state index in [2.05, 4.69) is 24.1 Å². The summed E-state index contributed by atoms with van der Waals surface area (Å²) in [5.74, 6) is -0.0661. The molecule has 74 valence electrons. The Hall–Kier alpha value is -1.09. The second kappa shape index (κ2) is 2.95. The lowest BCUT2D eigenvalue weighted by atomic mass is 9.80. The molecule has 1 aliphatic rings. The average molecular weight is 211 g/mol. The van der Waals surface area contributed by atoms with E-state index in [1.54, 1.807) is 12.3 Å². The van der Waals surface area contributed by atoms with Crippen molar-refractivity contribution in [3.8, 4) is 0 Å². The zero-order valence-electron chi connectivity index (χ0n) is 8.10. The summed E-state index contributed by atoms with van der Waals surface area (Å²) in [4.78, 5) is 15.5. The number of nitrogens with zero attached hydrogens (tertiary/aromatic N) is 1. The number of hydrogen-bond donors (Lipinski definition) is 1. The largest absolute Gasteiger partial charge is 0.351 e. The van der Waals surface area contributed by atoms with Gasteiger partial charge in [0.2, 0.25) is 0 Å². The van der Waals surface area contributed by atoms with E-state index in [4.69, 9.17) is 11.6 Å². The van der Waals surface area contributed by atoms with Gasteiger partial charge in [-0.25, -0.2) is 4.98 Å². The van der Waals surface area contributed by atoms with Crippen molar-refractivity contribution in [3.05, 3.63) is 28.5 Å². The first-order valence-corrected chi connectivity index (χ1v) is 4.83. The van der Waals surface area contributed by atoms with Gasteiger partial charge in [-0.2, -0.15) is 0 Å². The first kappa shape index (κ1) is 9.46. The van der Waals surface area contributed by atoms with Gasteiger partial charge >= 0.3 is 0 Å². The minimum Gasteiger partial charge on any atom is -0.351 e. The molecule has 0 aliphatic carbocycles. The lowest BCUT2D eigenvalue weighted by molar-refractivity contribution is 0.0929. The topological polar surface area (TPSA) is 42.0 Å². The van der Waals surface area contributed by atoms with Crippen molar-refractivity contribution in [3.63, 3.8) is 0 Å². The van der Waals surface area contributed by atoms with Gasteiger partial charge in [0.25, 0.3) is 5.91 Å². The average Bonchev–Trinajstić information content (AvgIpc) is 2.12. The van der Waals surface area contributed by atoms with Crippen molar-refractivity contribution in [1.29, 1.82) is 0 Å². The van der Waals surface area contributed by atoms with Crippen LogP contribution in [-0.2, 0) is 5.41 Å². The van der Waals surface area contributed by atoms with Crippen LogP contribution in [-0.4, -0.2) is 17.4 Å². The molecule has 1 aromatic heterocycles. The highest BCUT2D eigenvalue weighted by molar-refractivity contribution is 6.29. The van der Waals surface area contributed by atoms with E-state index in [1.807, 2.05) is 0 Å². The maximum Gasteiger partial charge on any atom is 0.251 e.